The molecule has 0 fully saturated rings. The summed E-state index contributed by atoms with van der Waals surface area (Å²) >= 11 is 5.92. The summed E-state index contributed by atoms with van der Waals surface area (Å²) in [6, 6.07) is 13.4. The summed E-state index contributed by atoms with van der Waals surface area (Å²) in [6.07, 6.45) is 0. The first-order valence-electron chi connectivity index (χ1n) is 6.25. The van der Waals surface area contributed by atoms with Crippen molar-refractivity contribution in [1.82, 2.24) is 0 Å². The van der Waals surface area contributed by atoms with Crippen molar-refractivity contribution >= 4 is 11.6 Å². The fraction of sp³-hybridized carbons (Fsp3) is 0.250. The van der Waals surface area contributed by atoms with E-state index in [4.69, 9.17) is 25.8 Å². The molecule has 0 radical (unpaired) electrons. The monoisotopic (exact) mass is 292 g/mol. The number of alkyl halides is 1. The summed E-state index contributed by atoms with van der Waals surface area (Å²) in [4.78, 5) is 0. The Hall–Kier alpha value is -1.87. The Morgan fingerprint density at radius 3 is 2.40 bits per heavy atom. The first kappa shape index (κ1) is 14.5. The van der Waals surface area contributed by atoms with Gasteiger partial charge in [-0.15, -0.1) is 11.6 Å². The van der Waals surface area contributed by atoms with Crippen LogP contribution in [0.15, 0.2) is 42.5 Å². The lowest BCUT2D eigenvalue weighted by molar-refractivity contribution is 0.300. The van der Waals surface area contributed by atoms with Gasteiger partial charge >= 0.3 is 0 Å². The van der Waals surface area contributed by atoms with Crippen LogP contribution in [0, 0.1) is 0 Å². The molecule has 0 unspecified atom stereocenters. The molecule has 0 amide bonds. The number of halogens is 1. The van der Waals surface area contributed by atoms with Crippen molar-refractivity contribution in [2.45, 2.75) is 12.5 Å². The highest BCUT2D eigenvalue weighted by atomic mass is 35.5. The van der Waals surface area contributed by atoms with E-state index in [2.05, 4.69) is 0 Å². The van der Waals surface area contributed by atoms with E-state index in [-0.39, 0.29) is 0 Å². The molecule has 0 saturated carbocycles. The molecule has 0 aliphatic rings. The molecule has 106 valence electrons. The molecule has 0 N–H and O–H groups in total. The minimum absolute atomic E-state index is 0.400. The lowest BCUT2D eigenvalue weighted by Crippen LogP contribution is -1.99. The highest BCUT2D eigenvalue weighted by Gasteiger charge is 2.06. The third-order valence-corrected chi connectivity index (χ3v) is 3.23. The Labute approximate surface area is 124 Å². The normalized spacial score (nSPS) is 10.2. The Morgan fingerprint density at radius 2 is 1.70 bits per heavy atom. The van der Waals surface area contributed by atoms with Crippen LogP contribution >= 0.6 is 11.6 Å². The van der Waals surface area contributed by atoms with Crippen LogP contribution in [0.25, 0.3) is 0 Å². The molecule has 3 nitrogen and oxygen atoms in total. The largest absolute Gasteiger partial charge is 0.497 e. The van der Waals surface area contributed by atoms with Crippen LogP contribution in [0.1, 0.15) is 11.1 Å². The molecule has 0 atom stereocenters. The van der Waals surface area contributed by atoms with Gasteiger partial charge in [0.2, 0.25) is 0 Å². The Balaban J connectivity index is 2.12. The molecule has 0 spiro atoms. The van der Waals surface area contributed by atoms with Crippen LogP contribution in [-0.2, 0) is 12.5 Å². The third-order valence-electron chi connectivity index (χ3n) is 2.95. The molecular weight excluding hydrogens is 276 g/mol. The number of methoxy groups -OCH3 is 2. The molecule has 0 aliphatic heterocycles. The maximum absolute atomic E-state index is 5.92. The fourth-order valence-corrected chi connectivity index (χ4v) is 2.05. The second-order valence-electron chi connectivity index (χ2n) is 4.25. The van der Waals surface area contributed by atoms with Crippen LogP contribution in [0.4, 0.5) is 0 Å². The molecule has 0 heterocycles. The molecule has 2 rings (SSSR count). The lowest BCUT2D eigenvalue weighted by Gasteiger charge is -2.12. The summed E-state index contributed by atoms with van der Waals surface area (Å²) in [5.41, 5.74) is 1.98. The zero-order valence-corrected chi connectivity index (χ0v) is 12.3. The summed E-state index contributed by atoms with van der Waals surface area (Å²) in [7, 11) is 3.27. The van der Waals surface area contributed by atoms with E-state index in [1.807, 2.05) is 42.5 Å². The van der Waals surface area contributed by atoms with E-state index in [1.54, 1.807) is 14.2 Å². The maximum Gasteiger partial charge on any atom is 0.127 e. The van der Waals surface area contributed by atoms with Gasteiger partial charge in [0, 0.05) is 11.6 Å². The number of hydrogen-bond donors (Lipinski definition) is 0. The molecule has 20 heavy (non-hydrogen) atoms. The van der Waals surface area contributed by atoms with Crippen molar-refractivity contribution in [2.24, 2.45) is 0 Å². The minimum atomic E-state index is 0.400. The quantitative estimate of drug-likeness (QED) is 0.753. The Kier molecular flexibility index (Phi) is 5.13. The van der Waals surface area contributed by atoms with Crippen molar-refractivity contribution in [3.05, 3.63) is 53.6 Å². The maximum atomic E-state index is 5.92. The molecule has 4 heteroatoms. The van der Waals surface area contributed by atoms with Gasteiger partial charge in [0.05, 0.1) is 20.1 Å². The molecule has 2 aromatic carbocycles. The SMILES string of the molecule is COc1cccc(COc2cc(OC)ccc2CCl)c1. The second-order valence-corrected chi connectivity index (χ2v) is 4.51. The number of ether oxygens (including phenoxy) is 3. The van der Waals surface area contributed by atoms with Gasteiger partial charge in [-0.25, -0.2) is 0 Å². The van der Waals surface area contributed by atoms with Crippen molar-refractivity contribution in [2.75, 3.05) is 14.2 Å². The van der Waals surface area contributed by atoms with E-state index < -0.39 is 0 Å². The van der Waals surface area contributed by atoms with Crippen molar-refractivity contribution in [3.63, 3.8) is 0 Å². The summed E-state index contributed by atoms with van der Waals surface area (Å²) < 4.78 is 16.2. The van der Waals surface area contributed by atoms with Gasteiger partial charge in [0.1, 0.15) is 23.9 Å². The van der Waals surface area contributed by atoms with Crippen LogP contribution in [-0.4, -0.2) is 14.2 Å². The van der Waals surface area contributed by atoms with Crippen molar-refractivity contribution in [1.29, 1.82) is 0 Å². The van der Waals surface area contributed by atoms with E-state index in [0.717, 1.165) is 28.4 Å². The first-order chi connectivity index (χ1) is 9.76. The smallest absolute Gasteiger partial charge is 0.127 e. The zero-order chi connectivity index (χ0) is 14.4. The highest BCUT2D eigenvalue weighted by molar-refractivity contribution is 6.17. The van der Waals surface area contributed by atoms with E-state index in [1.165, 1.54) is 0 Å². The van der Waals surface area contributed by atoms with Crippen molar-refractivity contribution < 1.29 is 14.2 Å². The van der Waals surface area contributed by atoms with Crippen LogP contribution in [0.5, 0.6) is 17.2 Å². The molecule has 0 aromatic heterocycles. The van der Waals surface area contributed by atoms with Gasteiger partial charge in [-0.1, -0.05) is 18.2 Å². The fourth-order valence-electron chi connectivity index (χ4n) is 1.83. The van der Waals surface area contributed by atoms with Crippen LogP contribution in [0.3, 0.4) is 0 Å². The summed E-state index contributed by atoms with van der Waals surface area (Å²) in [5, 5.41) is 0. The third kappa shape index (κ3) is 3.58. The summed E-state index contributed by atoms with van der Waals surface area (Å²) in [6.45, 7) is 0.453. The second kappa shape index (κ2) is 7.06. The predicted molar refractivity (Wildman–Crippen MR) is 79.9 cm³/mol. The highest BCUT2D eigenvalue weighted by Crippen LogP contribution is 2.27. The van der Waals surface area contributed by atoms with Gasteiger partial charge in [0.15, 0.2) is 0 Å². The summed E-state index contributed by atoms with van der Waals surface area (Å²) in [5.74, 6) is 2.70. The van der Waals surface area contributed by atoms with Gasteiger partial charge < -0.3 is 14.2 Å². The lowest BCUT2D eigenvalue weighted by atomic mass is 10.2. The number of hydrogen-bond acceptors (Lipinski definition) is 3. The Morgan fingerprint density at radius 1 is 0.950 bits per heavy atom. The molecule has 0 saturated heterocycles. The molecular formula is C16H17ClO3. The zero-order valence-electron chi connectivity index (χ0n) is 11.6. The van der Waals surface area contributed by atoms with Crippen LogP contribution < -0.4 is 14.2 Å². The average molecular weight is 293 g/mol. The molecule has 2 aromatic rings. The van der Waals surface area contributed by atoms with Gasteiger partial charge in [-0.3, -0.25) is 0 Å². The standard InChI is InChI=1S/C16H17ClO3/c1-18-14-5-3-4-12(8-14)11-20-16-9-15(19-2)7-6-13(16)10-17/h3-9H,10-11H2,1-2H3. The molecule has 0 aliphatic carbocycles. The minimum Gasteiger partial charge on any atom is -0.497 e. The van der Waals surface area contributed by atoms with E-state index >= 15 is 0 Å². The number of benzene rings is 2. The number of rotatable bonds is 6. The van der Waals surface area contributed by atoms with Crippen molar-refractivity contribution in [3.8, 4) is 17.2 Å². The van der Waals surface area contributed by atoms with Gasteiger partial charge in [-0.2, -0.15) is 0 Å². The predicted octanol–water partition coefficient (Wildman–Crippen LogP) is 4.02. The average Bonchev–Trinajstić information content (AvgIpc) is 2.52. The van der Waals surface area contributed by atoms with Gasteiger partial charge in [-0.05, 0) is 23.8 Å². The first-order valence-corrected chi connectivity index (χ1v) is 6.79. The topological polar surface area (TPSA) is 27.7 Å². The molecule has 0 bridgehead atoms. The van der Waals surface area contributed by atoms with E-state index in [0.29, 0.717) is 12.5 Å². The Bertz CT molecular complexity index is 569. The van der Waals surface area contributed by atoms with Crippen LogP contribution in [0.2, 0.25) is 0 Å². The van der Waals surface area contributed by atoms with Gasteiger partial charge in [0.25, 0.3) is 0 Å². The van der Waals surface area contributed by atoms with E-state index in [9.17, 15) is 0 Å².